The second-order valence-electron chi connectivity index (χ2n) is 4.44. The standard InChI is InChI=1S/C11H13N5O4S/c1-7(11-12-6-13-15-11)14-9-4-3-8(21(2,19)20)5-10(9)16(17)18/h3-7,14H,1-2H3,(H,12,13,15). The van der Waals surface area contributed by atoms with Gasteiger partial charge in [-0.3, -0.25) is 15.2 Å². The predicted molar refractivity (Wildman–Crippen MR) is 74.6 cm³/mol. The van der Waals surface area contributed by atoms with E-state index in [4.69, 9.17) is 0 Å². The minimum absolute atomic E-state index is 0.105. The van der Waals surface area contributed by atoms with Crippen molar-refractivity contribution in [2.75, 3.05) is 11.6 Å². The van der Waals surface area contributed by atoms with Gasteiger partial charge in [0.1, 0.15) is 17.8 Å². The summed E-state index contributed by atoms with van der Waals surface area (Å²) in [7, 11) is -3.51. The van der Waals surface area contributed by atoms with Crippen molar-refractivity contribution < 1.29 is 13.3 Å². The van der Waals surface area contributed by atoms with E-state index in [9.17, 15) is 18.5 Å². The number of H-pyrrole nitrogens is 1. The van der Waals surface area contributed by atoms with Crippen molar-refractivity contribution in [2.24, 2.45) is 0 Å². The number of nitrogens with one attached hydrogen (secondary N) is 2. The highest BCUT2D eigenvalue weighted by atomic mass is 32.2. The maximum Gasteiger partial charge on any atom is 0.293 e. The fourth-order valence-corrected chi connectivity index (χ4v) is 2.38. The number of hydrogen-bond donors (Lipinski definition) is 2. The molecule has 0 amide bonds. The molecule has 0 radical (unpaired) electrons. The number of aromatic nitrogens is 3. The first-order valence-corrected chi connectivity index (χ1v) is 7.78. The Bertz CT molecular complexity index is 757. The van der Waals surface area contributed by atoms with Crippen LogP contribution in [0.2, 0.25) is 0 Å². The summed E-state index contributed by atoms with van der Waals surface area (Å²) in [6, 6.07) is 3.36. The summed E-state index contributed by atoms with van der Waals surface area (Å²) < 4.78 is 22.9. The molecule has 0 aliphatic carbocycles. The maximum atomic E-state index is 11.5. The average Bonchev–Trinajstić information content (AvgIpc) is 2.91. The van der Waals surface area contributed by atoms with Gasteiger partial charge in [0.05, 0.1) is 15.9 Å². The molecular formula is C11H13N5O4S. The van der Waals surface area contributed by atoms with Gasteiger partial charge in [-0.25, -0.2) is 13.4 Å². The van der Waals surface area contributed by atoms with Crippen molar-refractivity contribution in [1.29, 1.82) is 0 Å². The Morgan fingerprint density at radius 2 is 2.14 bits per heavy atom. The van der Waals surface area contributed by atoms with Crippen LogP contribution in [0.5, 0.6) is 0 Å². The topological polar surface area (TPSA) is 131 Å². The monoisotopic (exact) mass is 311 g/mol. The van der Waals surface area contributed by atoms with Gasteiger partial charge in [-0.15, -0.1) is 0 Å². The van der Waals surface area contributed by atoms with Gasteiger partial charge in [-0.2, -0.15) is 5.10 Å². The Labute approximate surface area is 120 Å². The van der Waals surface area contributed by atoms with E-state index in [1.54, 1.807) is 6.92 Å². The van der Waals surface area contributed by atoms with Gasteiger partial charge in [-0.05, 0) is 19.1 Å². The quantitative estimate of drug-likeness (QED) is 0.628. The van der Waals surface area contributed by atoms with E-state index in [0.29, 0.717) is 5.82 Å². The number of aromatic amines is 1. The second-order valence-corrected chi connectivity index (χ2v) is 6.46. The van der Waals surface area contributed by atoms with E-state index < -0.39 is 14.8 Å². The van der Waals surface area contributed by atoms with Crippen molar-refractivity contribution in [3.8, 4) is 0 Å². The third-order valence-electron chi connectivity index (χ3n) is 2.81. The lowest BCUT2D eigenvalue weighted by Gasteiger charge is -2.13. The third kappa shape index (κ3) is 3.34. The molecular weight excluding hydrogens is 298 g/mol. The summed E-state index contributed by atoms with van der Waals surface area (Å²) in [5, 5.41) is 20.4. The molecule has 2 N–H and O–H groups in total. The maximum absolute atomic E-state index is 11.5. The van der Waals surface area contributed by atoms with E-state index in [0.717, 1.165) is 12.3 Å². The Morgan fingerprint density at radius 3 is 2.67 bits per heavy atom. The highest BCUT2D eigenvalue weighted by Gasteiger charge is 2.20. The van der Waals surface area contributed by atoms with Crippen LogP contribution in [-0.2, 0) is 9.84 Å². The second kappa shape index (κ2) is 5.48. The Morgan fingerprint density at radius 1 is 1.43 bits per heavy atom. The van der Waals surface area contributed by atoms with Crippen molar-refractivity contribution in [3.63, 3.8) is 0 Å². The summed E-state index contributed by atoms with van der Waals surface area (Å²) in [5.41, 5.74) is -0.111. The number of anilines is 1. The number of benzene rings is 1. The number of nitrogens with zero attached hydrogens (tertiary/aromatic N) is 3. The molecule has 10 heteroatoms. The number of rotatable bonds is 5. The molecule has 9 nitrogen and oxygen atoms in total. The van der Waals surface area contributed by atoms with Crippen molar-refractivity contribution in [2.45, 2.75) is 17.9 Å². The van der Waals surface area contributed by atoms with Gasteiger partial charge < -0.3 is 5.32 Å². The molecule has 0 bridgehead atoms. The van der Waals surface area contributed by atoms with Crippen molar-refractivity contribution in [1.82, 2.24) is 15.2 Å². The first-order valence-electron chi connectivity index (χ1n) is 5.89. The predicted octanol–water partition coefficient (Wildman–Crippen LogP) is 1.29. The van der Waals surface area contributed by atoms with Gasteiger partial charge in [-0.1, -0.05) is 0 Å². The van der Waals surface area contributed by atoms with Crippen LogP contribution in [0.15, 0.2) is 29.4 Å². The van der Waals surface area contributed by atoms with Crippen LogP contribution in [-0.4, -0.2) is 34.8 Å². The van der Waals surface area contributed by atoms with Gasteiger partial charge >= 0.3 is 0 Å². The third-order valence-corrected chi connectivity index (χ3v) is 3.92. The fourth-order valence-electron chi connectivity index (χ4n) is 1.74. The summed E-state index contributed by atoms with van der Waals surface area (Å²) in [6.45, 7) is 1.74. The SMILES string of the molecule is CC(Nc1ccc(S(C)(=O)=O)cc1[N+](=O)[O-])c1ncn[nH]1. The minimum atomic E-state index is -3.51. The molecule has 2 aromatic rings. The Kier molecular flexibility index (Phi) is 3.89. The molecule has 0 aliphatic heterocycles. The van der Waals surface area contributed by atoms with Gasteiger partial charge in [0, 0.05) is 12.3 Å². The zero-order valence-corrected chi connectivity index (χ0v) is 12.1. The van der Waals surface area contributed by atoms with Crippen LogP contribution < -0.4 is 5.32 Å². The van der Waals surface area contributed by atoms with E-state index in [1.165, 1.54) is 18.5 Å². The average molecular weight is 311 g/mol. The molecule has 2 rings (SSSR count). The molecule has 1 atom stereocenters. The molecule has 0 spiro atoms. The van der Waals surface area contributed by atoms with Crippen LogP contribution in [0.1, 0.15) is 18.8 Å². The van der Waals surface area contributed by atoms with E-state index in [2.05, 4.69) is 20.5 Å². The summed E-state index contributed by atoms with van der Waals surface area (Å²) in [5.74, 6) is 0.511. The molecule has 0 fully saturated rings. The number of nitro groups is 1. The normalized spacial score (nSPS) is 12.9. The fraction of sp³-hybridized carbons (Fsp3) is 0.273. The number of nitro benzene ring substituents is 1. The Hall–Kier alpha value is -2.49. The number of sulfone groups is 1. The molecule has 1 aromatic carbocycles. The molecule has 0 aliphatic rings. The first kappa shape index (κ1) is 14.9. The lowest BCUT2D eigenvalue weighted by molar-refractivity contribution is -0.384. The van der Waals surface area contributed by atoms with Gasteiger partial charge in [0.15, 0.2) is 9.84 Å². The highest BCUT2D eigenvalue weighted by molar-refractivity contribution is 7.90. The zero-order chi connectivity index (χ0) is 15.6. The first-order chi connectivity index (χ1) is 9.79. The van der Waals surface area contributed by atoms with Crippen LogP contribution in [0.25, 0.3) is 0 Å². The van der Waals surface area contributed by atoms with E-state index in [-0.39, 0.29) is 22.3 Å². The lowest BCUT2D eigenvalue weighted by Crippen LogP contribution is -2.10. The molecule has 1 heterocycles. The molecule has 112 valence electrons. The van der Waals surface area contributed by atoms with Crippen molar-refractivity contribution in [3.05, 3.63) is 40.5 Å². The van der Waals surface area contributed by atoms with Crippen molar-refractivity contribution >= 4 is 21.2 Å². The highest BCUT2D eigenvalue weighted by Crippen LogP contribution is 2.29. The zero-order valence-electron chi connectivity index (χ0n) is 11.3. The van der Waals surface area contributed by atoms with E-state index >= 15 is 0 Å². The van der Waals surface area contributed by atoms with Crippen LogP contribution >= 0.6 is 0 Å². The molecule has 21 heavy (non-hydrogen) atoms. The molecule has 1 aromatic heterocycles. The van der Waals surface area contributed by atoms with Gasteiger partial charge in [0.25, 0.3) is 5.69 Å². The van der Waals surface area contributed by atoms with E-state index in [1.807, 2.05) is 0 Å². The minimum Gasteiger partial charge on any atom is -0.370 e. The molecule has 1 unspecified atom stereocenters. The van der Waals surface area contributed by atoms with Crippen LogP contribution in [0.4, 0.5) is 11.4 Å². The largest absolute Gasteiger partial charge is 0.370 e. The van der Waals surface area contributed by atoms with Gasteiger partial charge in [0.2, 0.25) is 0 Å². The smallest absolute Gasteiger partial charge is 0.293 e. The summed E-state index contributed by atoms with van der Waals surface area (Å²) in [4.78, 5) is 14.3. The number of hydrogen-bond acceptors (Lipinski definition) is 7. The molecule has 0 saturated carbocycles. The summed E-state index contributed by atoms with van der Waals surface area (Å²) in [6.07, 6.45) is 2.32. The lowest BCUT2D eigenvalue weighted by atomic mass is 10.2. The Balaban J connectivity index is 2.38. The van der Waals surface area contributed by atoms with Crippen LogP contribution in [0, 0.1) is 10.1 Å². The summed E-state index contributed by atoms with van der Waals surface area (Å²) >= 11 is 0. The van der Waals surface area contributed by atoms with Crippen LogP contribution in [0.3, 0.4) is 0 Å². The molecule has 0 saturated heterocycles.